The van der Waals surface area contributed by atoms with E-state index in [0.29, 0.717) is 6.54 Å². The third-order valence-corrected chi connectivity index (χ3v) is 4.53. The second-order valence-corrected chi connectivity index (χ2v) is 6.01. The van der Waals surface area contributed by atoms with Crippen LogP contribution in [-0.2, 0) is 4.79 Å². The van der Waals surface area contributed by atoms with Gasteiger partial charge in [-0.05, 0) is 39.2 Å². The minimum absolute atomic E-state index is 0.283. The second-order valence-electron chi connectivity index (χ2n) is 6.01. The summed E-state index contributed by atoms with van der Waals surface area (Å²) in [5.74, 6) is 0.283. The predicted octanol–water partition coefficient (Wildman–Crippen LogP) is 1.81. The Bertz CT molecular complexity index is 295. The van der Waals surface area contributed by atoms with Gasteiger partial charge in [-0.1, -0.05) is 19.8 Å². The van der Waals surface area contributed by atoms with E-state index in [2.05, 4.69) is 29.0 Å². The highest BCUT2D eigenvalue weighted by Gasteiger charge is 2.29. The van der Waals surface area contributed by atoms with E-state index in [0.717, 1.165) is 38.4 Å². The third-order valence-electron chi connectivity index (χ3n) is 4.53. The van der Waals surface area contributed by atoms with Crippen molar-refractivity contribution in [1.29, 1.82) is 0 Å². The van der Waals surface area contributed by atoms with Crippen molar-refractivity contribution in [3.63, 3.8) is 0 Å². The first-order valence-corrected chi connectivity index (χ1v) is 7.99. The Morgan fingerprint density at radius 1 is 1.32 bits per heavy atom. The highest BCUT2D eigenvalue weighted by atomic mass is 16.2. The summed E-state index contributed by atoms with van der Waals surface area (Å²) >= 11 is 0. The lowest BCUT2D eigenvalue weighted by molar-refractivity contribution is -0.128. The number of hydrogen-bond donors (Lipinski definition) is 1. The maximum Gasteiger partial charge on any atom is 0.237 e. The maximum absolute atomic E-state index is 11.9. The van der Waals surface area contributed by atoms with Crippen LogP contribution in [-0.4, -0.2) is 54.1 Å². The Labute approximate surface area is 117 Å². The summed E-state index contributed by atoms with van der Waals surface area (Å²) in [5, 5.41) is 3.32. The van der Waals surface area contributed by atoms with Crippen LogP contribution < -0.4 is 5.32 Å². The van der Waals surface area contributed by atoms with Gasteiger partial charge < -0.3 is 9.80 Å². The molecule has 0 aromatic carbocycles. The van der Waals surface area contributed by atoms with Gasteiger partial charge in [0.2, 0.25) is 5.91 Å². The molecule has 110 valence electrons. The molecule has 2 atom stereocenters. The molecule has 2 unspecified atom stereocenters. The Balaban J connectivity index is 1.73. The van der Waals surface area contributed by atoms with Gasteiger partial charge in [-0.3, -0.25) is 10.1 Å². The fourth-order valence-corrected chi connectivity index (χ4v) is 3.34. The zero-order valence-corrected chi connectivity index (χ0v) is 12.5. The standard InChI is InChI=1S/C15H29N3O/c1-3-7-14-16-12-15(19)18(14)11-6-10-17-9-5-4-8-13(17)2/h13-14,16H,3-12H2,1-2H3. The number of carbonyl (C=O) groups excluding carboxylic acids is 1. The lowest BCUT2D eigenvalue weighted by atomic mass is 10.0. The lowest BCUT2D eigenvalue weighted by Gasteiger charge is -2.34. The first-order valence-electron chi connectivity index (χ1n) is 7.99. The minimum Gasteiger partial charge on any atom is -0.326 e. The number of nitrogens with zero attached hydrogens (tertiary/aromatic N) is 2. The zero-order valence-electron chi connectivity index (χ0n) is 12.5. The molecular weight excluding hydrogens is 238 g/mol. The molecule has 0 bridgehead atoms. The van der Waals surface area contributed by atoms with Crippen molar-refractivity contribution < 1.29 is 4.79 Å². The van der Waals surface area contributed by atoms with Crippen molar-refractivity contribution in [3.05, 3.63) is 0 Å². The van der Waals surface area contributed by atoms with E-state index in [1.54, 1.807) is 0 Å². The van der Waals surface area contributed by atoms with Gasteiger partial charge >= 0.3 is 0 Å². The van der Waals surface area contributed by atoms with E-state index < -0.39 is 0 Å². The lowest BCUT2D eigenvalue weighted by Crippen LogP contribution is -2.41. The van der Waals surface area contributed by atoms with Crippen LogP contribution in [0.5, 0.6) is 0 Å². The molecule has 1 amide bonds. The van der Waals surface area contributed by atoms with Crippen LogP contribution in [0.1, 0.15) is 52.4 Å². The van der Waals surface area contributed by atoms with Gasteiger partial charge in [-0.15, -0.1) is 0 Å². The van der Waals surface area contributed by atoms with Crippen molar-refractivity contribution in [1.82, 2.24) is 15.1 Å². The Hall–Kier alpha value is -0.610. The summed E-state index contributed by atoms with van der Waals surface area (Å²) in [6.07, 6.45) is 7.66. The average Bonchev–Trinajstić information content (AvgIpc) is 2.74. The van der Waals surface area contributed by atoms with Gasteiger partial charge in [-0.2, -0.15) is 0 Å². The first kappa shape index (κ1) is 14.8. The molecule has 2 rings (SSSR count). The number of nitrogens with one attached hydrogen (secondary N) is 1. The molecule has 2 fully saturated rings. The number of amides is 1. The number of piperidine rings is 1. The second kappa shape index (κ2) is 7.25. The summed E-state index contributed by atoms with van der Waals surface area (Å²) in [5.41, 5.74) is 0. The molecular formula is C15H29N3O. The normalized spacial score (nSPS) is 29.2. The fourth-order valence-electron chi connectivity index (χ4n) is 3.34. The van der Waals surface area contributed by atoms with Crippen LogP contribution in [0, 0.1) is 0 Å². The van der Waals surface area contributed by atoms with E-state index in [1.165, 1.54) is 25.8 Å². The highest BCUT2D eigenvalue weighted by Crippen LogP contribution is 2.17. The van der Waals surface area contributed by atoms with Gasteiger partial charge in [0.05, 0.1) is 12.7 Å². The van der Waals surface area contributed by atoms with E-state index in [4.69, 9.17) is 0 Å². The topological polar surface area (TPSA) is 35.6 Å². The fraction of sp³-hybridized carbons (Fsp3) is 0.933. The van der Waals surface area contributed by atoms with Crippen molar-refractivity contribution in [2.75, 3.05) is 26.2 Å². The number of hydrogen-bond acceptors (Lipinski definition) is 3. The third kappa shape index (κ3) is 3.93. The molecule has 4 heteroatoms. The summed E-state index contributed by atoms with van der Waals surface area (Å²) < 4.78 is 0. The number of likely N-dealkylation sites (tertiary alicyclic amines) is 1. The van der Waals surface area contributed by atoms with Crippen LogP contribution >= 0.6 is 0 Å². The van der Waals surface area contributed by atoms with E-state index in [-0.39, 0.29) is 12.1 Å². The predicted molar refractivity (Wildman–Crippen MR) is 77.9 cm³/mol. The Morgan fingerprint density at radius 2 is 2.16 bits per heavy atom. The summed E-state index contributed by atoms with van der Waals surface area (Å²) in [6, 6.07) is 0.729. The van der Waals surface area contributed by atoms with E-state index in [1.807, 2.05) is 0 Å². The van der Waals surface area contributed by atoms with Crippen LogP contribution in [0.15, 0.2) is 0 Å². The molecule has 19 heavy (non-hydrogen) atoms. The van der Waals surface area contributed by atoms with Gasteiger partial charge in [0.1, 0.15) is 0 Å². The first-order chi connectivity index (χ1) is 9.22. The number of rotatable bonds is 6. The highest BCUT2D eigenvalue weighted by molar-refractivity contribution is 5.80. The van der Waals surface area contributed by atoms with Gasteiger partial charge in [0.25, 0.3) is 0 Å². The van der Waals surface area contributed by atoms with Crippen LogP contribution in [0.4, 0.5) is 0 Å². The van der Waals surface area contributed by atoms with E-state index in [9.17, 15) is 4.79 Å². The molecule has 1 N–H and O–H groups in total. The van der Waals surface area contributed by atoms with E-state index >= 15 is 0 Å². The van der Waals surface area contributed by atoms with Gasteiger partial charge in [0.15, 0.2) is 0 Å². The molecule has 0 radical (unpaired) electrons. The maximum atomic E-state index is 11.9. The molecule has 0 saturated carbocycles. The quantitative estimate of drug-likeness (QED) is 0.797. The number of carbonyl (C=O) groups is 1. The SMILES string of the molecule is CCCC1NCC(=O)N1CCCN1CCCCC1C. The molecule has 0 aliphatic carbocycles. The molecule has 0 aromatic rings. The molecule has 0 spiro atoms. The molecule has 0 aromatic heterocycles. The molecule has 4 nitrogen and oxygen atoms in total. The largest absolute Gasteiger partial charge is 0.326 e. The van der Waals surface area contributed by atoms with Crippen LogP contribution in [0.25, 0.3) is 0 Å². The van der Waals surface area contributed by atoms with Crippen LogP contribution in [0.2, 0.25) is 0 Å². The van der Waals surface area contributed by atoms with Gasteiger partial charge in [-0.25, -0.2) is 0 Å². The van der Waals surface area contributed by atoms with Crippen molar-refractivity contribution in [2.24, 2.45) is 0 Å². The smallest absolute Gasteiger partial charge is 0.237 e. The summed E-state index contributed by atoms with van der Waals surface area (Å²) in [4.78, 5) is 16.5. The summed E-state index contributed by atoms with van der Waals surface area (Å²) in [7, 11) is 0. The Kier molecular flexibility index (Phi) is 5.64. The summed E-state index contributed by atoms with van der Waals surface area (Å²) in [6.45, 7) is 8.35. The monoisotopic (exact) mass is 267 g/mol. The zero-order chi connectivity index (χ0) is 13.7. The average molecular weight is 267 g/mol. The van der Waals surface area contributed by atoms with Crippen molar-refractivity contribution in [2.45, 2.75) is 64.6 Å². The van der Waals surface area contributed by atoms with Crippen molar-refractivity contribution >= 4 is 5.91 Å². The molecule has 2 aliphatic rings. The Morgan fingerprint density at radius 3 is 2.89 bits per heavy atom. The van der Waals surface area contributed by atoms with Crippen molar-refractivity contribution in [3.8, 4) is 0 Å². The molecule has 2 aliphatic heterocycles. The van der Waals surface area contributed by atoms with Crippen LogP contribution in [0.3, 0.4) is 0 Å². The molecule has 2 saturated heterocycles. The molecule has 2 heterocycles. The minimum atomic E-state index is 0.283. The van der Waals surface area contributed by atoms with Gasteiger partial charge in [0, 0.05) is 19.1 Å².